The van der Waals surface area contributed by atoms with Crippen LogP contribution in [0.1, 0.15) is 10.4 Å². The van der Waals surface area contributed by atoms with Gasteiger partial charge in [-0.05, 0) is 18.2 Å². The standard InChI is InChI=1S/C11H10BrClN2O4/c12-6-1-2-7(8(13)3-6)11(19)15-4-9(16)14-5-10(17)18/h1-3H,4-5H2,(H,14,16)(H,15,19)(H,17,18). The molecule has 0 atom stereocenters. The number of aliphatic carboxylic acids is 1. The lowest BCUT2D eigenvalue weighted by Gasteiger charge is -2.07. The summed E-state index contributed by atoms with van der Waals surface area (Å²) in [6, 6.07) is 4.71. The fourth-order valence-corrected chi connectivity index (χ4v) is 1.93. The van der Waals surface area contributed by atoms with Crippen molar-refractivity contribution in [2.24, 2.45) is 0 Å². The topological polar surface area (TPSA) is 95.5 Å². The van der Waals surface area contributed by atoms with E-state index in [4.69, 9.17) is 16.7 Å². The van der Waals surface area contributed by atoms with E-state index in [1.807, 2.05) is 0 Å². The Bertz CT molecular complexity index is 521. The maximum absolute atomic E-state index is 11.7. The molecular weight excluding hydrogens is 339 g/mol. The number of carboxylic acid groups (broad SMARTS) is 1. The quantitative estimate of drug-likeness (QED) is 0.740. The summed E-state index contributed by atoms with van der Waals surface area (Å²) in [5.74, 6) is -2.26. The van der Waals surface area contributed by atoms with Crippen LogP contribution in [0.2, 0.25) is 5.02 Å². The molecule has 19 heavy (non-hydrogen) atoms. The average Bonchev–Trinajstić information content (AvgIpc) is 2.33. The Morgan fingerprint density at radius 2 is 1.89 bits per heavy atom. The third-order valence-electron chi connectivity index (χ3n) is 2.02. The zero-order chi connectivity index (χ0) is 14.4. The lowest BCUT2D eigenvalue weighted by Crippen LogP contribution is -2.39. The van der Waals surface area contributed by atoms with Crippen molar-refractivity contribution in [1.82, 2.24) is 10.6 Å². The van der Waals surface area contributed by atoms with Crippen LogP contribution in [0.4, 0.5) is 0 Å². The Kier molecular flexibility index (Phi) is 5.78. The molecule has 0 unspecified atom stereocenters. The Morgan fingerprint density at radius 3 is 2.47 bits per heavy atom. The van der Waals surface area contributed by atoms with Crippen LogP contribution in [0.3, 0.4) is 0 Å². The van der Waals surface area contributed by atoms with Gasteiger partial charge in [-0.2, -0.15) is 0 Å². The summed E-state index contributed by atoms with van der Waals surface area (Å²) in [7, 11) is 0. The minimum atomic E-state index is -1.16. The summed E-state index contributed by atoms with van der Waals surface area (Å²) >= 11 is 9.08. The number of benzene rings is 1. The van der Waals surface area contributed by atoms with Gasteiger partial charge in [0.1, 0.15) is 6.54 Å². The molecule has 2 amide bonds. The number of nitrogens with one attached hydrogen (secondary N) is 2. The van der Waals surface area contributed by atoms with Gasteiger partial charge >= 0.3 is 5.97 Å². The first kappa shape index (κ1) is 15.5. The second-order valence-corrected chi connectivity index (χ2v) is 4.80. The van der Waals surface area contributed by atoms with Crippen LogP contribution in [-0.2, 0) is 9.59 Å². The highest BCUT2D eigenvalue weighted by molar-refractivity contribution is 9.10. The molecular formula is C11H10BrClN2O4. The highest BCUT2D eigenvalue weighted by Gasteiger charge is 2.12. The first-order valence-electron chi connectivity index (χ1n) is 5.12. The number of amides is 2. The van der Waals surface area contributed by atoms with Gasteiger partial charge in [-0.3, -0.25) is 14.4 Å². The molecule has 6 nitrogen and oxygen atoms in total. The second kappa shape index (κ2) is 7.10. The van der Waals surface area contributed by atoms with E-state index in [1.165, 1.54) is 6.07 Å². The molecule has 0 aliphatic heterocycles. The first-order valence-corrected chi connectivity index (χ1v) is 6.29. The molecule has 0 fully saturated rings. The van der Waals surface area contributed by atoms with Crippen LogP contribution in [0.5, 0.6) is 0 Å². The van der Waals surface area contributed by atoms with Gasteiger partial charge in [0.2, 0.25) is 5.91 Å². The van der Waals surface area contributed by atoms with E-state index < -0.39 is 24.3 Å². The number of carbonyl (C=O) groups is 3. The SMILES string of the molecule is O=C(O)CNC(=O)CNC(=O)c1ccc(Br)cc1Cl. The molecule has 0 heterocycles. The maximum atomic E-state index is 11.7. The molecule has 1 aromatic carbocycles. The molecule has 8 heteroatoms. The molecule has 3 N–H and O–H groups in total. The van der Waals surface area contributed by atoms with E-state index in [9.17, 15) is 14.4 Å². The van der Waals surface area contributed by atoms with Crippen molar-refractivity contribution < 1.29 is 19.5 Å². The largest absolute Gasteiger partial charge is 0.480 e. The molecule has 1 rings (SSSR count). The van der Waals surface area contributed by atoms with Gasteiger partial charge in [0.25, 0.3) is 5.91 Å². The highest BCUT2D eigenvalue weighted by Crippen LogP contribution is 2.21. The summed E-state index contributed by atoms with van der Waals surface area (Å²) in [5, 5.41) is 13.1. The number of rotatable bonds is 5. The number of hydrogen-bond donors (Lipinski definition) is 3. The molecule has 0 saturated heterocycles. The normalized spacial score (nSPS) is 9.79. The third-order valence-corrected chi connectivity index (χ3v) is 2.83. The molecule has 0 saturated carbocycles. The number of halogens is 2. The Labute approximate surface area is 122 Å². The van der Waals surface area contributed by atoms with Crippen LogP contribution < -0.4 is 10.6 Å². The number of hydrogen-bond acceptors (Lipinski definition) is 3. The smallest absolute Gasteiger partial charge is 0.322 e. The highest BCUT2D eigenvalue weighted by atomic mass is 79.9. The van der Waals surface area contributed by atoms with Crippen LogP contribution >= 0.6 is 27.5 Å². The molecule has 0 radical (unpaired) electrons. The Hall–Kier alpha value is -1.60. The number of carboxylic acids is 1. The monoisotopic (exact) mass is 348 g/mol. The fraction of sp³-hybridized carbons (Fsp3) is 0.182. The van der Waals surface area contributed by atoms with Crippen LogP contribution in [0, 0.1) is 0 Å². The van der Waals surface area contributed by atoms with Gasteiger partial charge in [0.15, 0.2) is 0 Å². The Morgan fingerprint density at radius 1 is 1.21 bits per heavy atom. The summed E-state index contributed by atoms with van der Waals surface area (Å²) in [6.07, 6.45) is 0. The second-order valence-electron chi connectivity index (χ2n) is 3.48. The molecule has 1 aromatic rings. The minimum Gasteiger partial charge on any atom is -0.480 e. The third kappa shape index (κ3) is 5.27. The van der Waals surface area contributed by atoms with Crippen LogP contribution in [-0.4, -0.2) is 36.0 Å². The van der Waals surface area contributed by atoms with Gasteiger partial charge < -0.3 is 15.7 Å². The van der Waals surface area contributed by atoms with E-state index in [0.717, 1.165) is 4.47 Å². The van der Waals surface area contributed by atoms with E-state index in [-0.39, 0.29) is 17.1 Å². The molecule has 0 spiro atoms. The van der Waals surface area contributed by atoms with Crippen molar-refractivity contribution in [3.63, 3.8) is 0 Å². The average molecular weight is 350 g/mol. The lowest BCUT2D eigenvalue weighted by molar-refractivity contribution is -0.137. The molecule has 0 aliphatic rings. The van der Waals surface area contributed by atoms with E-state index in [2.05, 4.69) is 26.6 Å². The van der Waals surface area contributed by atoms with Gasteiger partial charge in [-0.1, -0.05) is 27.5 Å². The Balaban J connectivity index is 2.51. The molecule has 102 valence electrons. The summed E-state index contributed by atoms with van der Waals surface area (Å²) in [6.45, 7) is -0.813. The minimum absolute atomic E-state index is 0.232. The number of carbonyl (C=O) groups excluding carboxylic acids is 2. The predicted molar refractivity (Wildman–Crippen MR) is 72.1 cm³/mol. The van der Waals surface area contributed by atoms with Crippen molar-refractivity contribution in [3.8, 4) is 0 Å². The van der Waals surface area contributed by atoms with E-state index >= 15 is 0 Å². The molecule has 0 aliphatic carbocycles. The van der Waals surface area contributed by atoms with Crippen LogP contribution in [0.25, 0.3) is 0 Å². The van der Waals surface area contributed by atoms with Crippen molar-refractivity contribution in [2.75, 3.05) is 13.1 Å². The van der Waals surface area contributed by atoms with Crippen LogP contribution in [0.15, 0.2) is 22.7 Å². The van der Waals surface area contributed by atoms with Crippen molar-refractivity contribution in [2.45, 2.75) is 0 Å². The summed E-state index contributed by atoms with van der Waals surface area (Å²) in [5.41, 5.74) is 0.232. The summed E-state index contributed by atoms with van der Waals surface area (Å²) in [4.78, 5) is 33.1. The van der Waals surface area contributed by atoms with E-state index in [1.54, 1.807) is 12.1 Å². The maximum Gasteiger partial charge on any atom is 0.322 e. The van der Waals surface area contributed by atoms with Gasteiger partial charge in [0.05, 0.1) is 17.1 Å². The summed E-state index contributed by atoms with van der Waals surface area (Å²) < 4.78 is 0.730. The van der Waals surface area contributed by atoms with Crippen molar-refractivity contribution >= 4 is 45.3 Å². The van der Waals surface area contributed by atoms with Gasteiger partial charge in [0, 0.05) is 4.47 Å². The molecule has 0 bridgehead atoms. The van der Waals surface area contributed by atoms with Gasteiger partial charge in [-0.25, -0.2) is 0 Å². The zero-order valence-electron chi connectivity index (χ0n) is 9.57. The van der Waals surface area contributed by atoms with Gasteiger partial charge in [-0.15, -0.1) is 0 Å². The van der Waals surface area contributed by atoms with E-state index in [0.29, 0.717) is 0 Å². The predicted octanol–water partition coefficient (Wildman–Crippen LogP) is 1.03. The zero-order valence-corrected chi connectivity index (χ0v) is 11.9. The fourth-order valence-electron chi connectivity index (χ4n) is 1.17. The van der Waals surface area contributed by atoms with Crippen molar-refractivity contribution in [3.05, 3.63) is 33.3 Å². The lowest BCUT2D eigenvalue weighted by atomic mass is 10.2. The molecule has 0 aromatic heterocycles. The first-order chi connectivity index (χ1) is 8.90. The van der Waals surface area contributed by atoms with Crippen molar-refractivity contribution in [1.29, 1.82) is 0 Å².